The van der Waals surface area contributed by atoms with Gasteiger partial charge in [-0.3, -0.25) is 4.79 Å². The lowest BCUT2D eigenvalue weighted by atomic mass is 9.95. The zero-order valence-electron chi connectivity index (χ0n) is 15.2. The fraction of sp³-hybridized carbons (Fsp3) is 0.217. The maximum absolute atomic E-state index is 12.6. The summed E-state index contributed by atoms with van der Waals surface area (Å²) in [5.74, 6) is 0.115. The second-order valence-corrected chi connectivity index (χ2v) is 6.88. The molecule has 0 aliphatic carbocycles. The molecule has 0 saturated carbocycles. The smallest absolute Gasteiger partial charge is 0.225 e. The van der Waals surface area contributed by atoms with E-state index in [4.69, 9.17) is 4.74 Å². The zero-order chi connectivity index (χ0) is 18.1. The minimum atomic E-state index is 0.115. The molecule has 3 nitrogen and oxygen atoms in total. The summed E-state index contributed by atoms with van der Waals surface area (Å²) in [5, 5.41) is 0. The maximum Gasteiger partial charge on any atom is 0.225 e. The van der Waals surface area contributed by atoms with E-state index in [2.05, 4.69) is 24.3 Å². The Bertz CT molecular complexity index is 859. The van der Waals surface area contributed by atoms with Crippen LogP contribution in [0.5, 0.6) is 0 Å². The van der Waals surface area contributed by atoms with Crippen LogP contribution >= 0.6 is 0 Å². The van der Waals surface area contributed by atoms with Gasteiger partial charge in [-0.15, -0.1) is 17.7 Å². The number of carbonyl (C=O) groups excluding carboxylic acids is 1. The Morgan fingerprint density at radius 1 is 1.00 bits per heavy atom. The van der Waals surface area contributed by atoms with Gasteiger partial charge < -0.3 is 9.64 Å². The summed E-state index contributed by atoms with van der Waals surface area (Å²) in [6, 6.07) is 20.7. The zero-order valence-corrected chi connectivity index (χ0v) is 15.2. The van der Waals surface area contributed by atoms with Gasteiger partial charge in [0.25, 0.3) is 0 Å². The number of amides is 1. The van der Waals surface area contributed by atoms with Gasteiger partial charge in [-0.25, -0.2) is 0 Å². The first-order valence-electron chi connectivity index (χ1n) is 8.89. The molecule has 3 aromatic rings. The normalized spacial score (nSPS) is 12.8. The quantitative estimate of drug-likeness (QED) is 0.657. The van der Waals surface area contributed by atoms with Crippen molar-refractivity contribution in [2.24, 2.45) is 0 Å². The van der Waals surface area contributed by atoms with E-state index in [-0.39, 0.29) is 5.91 Å². The lowest BCUT2D eigenvalue weighted by Crippen LogP contribution is -2.23. The summed E-state index contributed by atoms with van der Waals surface area (Å²) in [6.07, 6.45) is 0.397. The van der Waals surface area contributed by atoms with Crippen molar-refractivity contribution in [1.29, 1.82) is 0 Å². The van der Waals surface area contributed by atoms with Gasteiger partial charge >= 0.3 is 0 Å². The predicted octanol–water partition coefficient (Wildman–Crippen LogP) is 4.40. The van der Waals surface area contributed by atoms with Crippen LogP contribution in [0.1, 0.15) is 16.7 Å². The van der Waals surface area contributed by atoms with Gasteiger partial charge in [0.2, 0.25) is 5.91 Å². The van der Waals surface area contributed by atoms with Gasteiger partial charge in [0.1, 0.15) is 0 Å². The number of ether oxygens (including phenoxy) is 1. The third-order valence-electron chi connectivity index (χ3n) is 5.02. The number of nitrogens with zero attached hydrogens (tertiary/aromatic N) is 1. The monoisotopic (exact) mass is 344 g/mol. The summed E-state index contributed by atoms with van der Waals surface area (Å²) in [7, 11) is 3.62. The number of rotatable bonds is 4. The third-order valence-corrected chi connectivity index (χ3v) is 5.02. The van der Waals surface area contributed by atoms with Gasteiger partial charge in [0.05, 0.1) is 6.61 Å². The molecule has 0 radical (unpaired) electrons. The van der Waals surface area contributed by atoms with Crippen molar-refractivity contribution in [2.45, 2.75) is 19.6 Å². The number of carbonyl (C=O) groups is 1. The van der Waals surface area contributed by atoms with Gasteiger partial charge in [0.15, 0.2) is 0 Å². The third kappa shape index (κ3) is 2.85. The van der Waals surface area contributed by atoms with Crippen molar-refractivity contribution in [3.05, 3.63) is 77.4 Å². The predicted molar refractivity (Wildman–Crippen MR) is 104 cm³/mol. The van der Waals surface area contributed by atoms with E-state index in [9.17, 15) is 4.79 Å². The SMILES string of the molecule is CN(C)C(=O)Cc1c(-c2ccccc2)c2c([c-]1-c1ccccc1)COC2. The first kappa shape index (κ1) is 16.7. The molecule has 0 aromatic heterocycles. The molecule has 0 bridgehead atoms. The Labute approximate surface area is 154 Å². The van der Waals surface area contributed by atoms with Gasteiger partial charge in [-0.1, -0.05) is 81.9 Å². The largest absolute Gasteiger partial charge is 0.382 e. The fourth-order valence-corrected chi connectivity index (χ4v) is 3.76. The average Bonchev–Trinajstić information content (AvgIpc) is 3.23. The van der Waals surface area contributed by atoms with Crippen molar-refractivity contribution in [3.63, 3.8) is 0 Å². The minimum Gasteiger partial charge on any atom is -0.382 e. The number of likely N-dealkylation sites (N-methyl/N-ethyl adjacent to an activating group) is 1. The first-order chi connectivity index (χ1) is 12.7. The topological polar surface area (TPSA) is 29.5 Å². The Hall–Kier alpha value is -2.78. The van der Waals surface area contributed by atoms with E-state index in [0.717, 1.165) is 16.7 Å². The van der Waals surface area contributed by atoms with Gasteiger partial charge in [-0.2, -0.15) is 0 Å². The second-order valence-electron chi connectivity index (χ2n) is 6.88. The summed E-state index contributed by atoms with van der Waals surface area (Å²) in [4.78, 5) is 14.3. The Morgan fingerprint density at radius 3 is 2.31 bits per heavy atom. The molecule has 1 amide bonds. The van der Waals surface area contributed by atoms with Crippen LogP contribution in [0.15, 0.2) is 60.7 Å². The van der Waals surface area contributed by atoms with Gasteiger partial charge in [0, 0.05) is 27.1 Å². The molecule has 0 unspecified atom stereocenters. The molecular formula is C23H22NO2-. The van der Waals surface area contributed by atoms with Gasteiger partial charge in [-0.05, 0) is 0 Å². The molecule has 0 fully saturated rings. The summed E-state index contributed by atoms with van der Waals surface area (Å²) < 4.78 is 5.79. The number of benzene rings is 2. The molecule has 26 heavy (non-hydrogen) atoms. The van der Waals surface area contributed by atoms with Crippen LogP contribution < -0.4 is 0 Å². The highest BCUT2D eigenvalue weighted by Crippen LogP contribution is 2.45. The molecule has 4 rings (SSSR count). The molecule has 3 heteroatoms. The van der Waals surface area contributed by atoms with E-state index in [1.165, 1.54) is 22.3 Å². The van der Waals surface area contributed by atoms with Crippen molar-refractivity contribution < 1.29 is 9.53 Å². The summed E-state index contributed by atoms with van der Waals surface area (Å²) >= 11 is 0. The maximum atomic E-state index is 12.6. The highest BCUT2D eigenvalue weighted by atomic mass is 16.5. The lowest BCUT2D eigenvalue weighted by molar-refractivity contribution is -0.127. The first-order valence-corrected chi connectivity index (χ1v) is 8.89. The molecule has 132 valence electrons. The molecule has 1 aliphatic rings. The van der Waals surface area contributed by atoms with Crippen LogP contribution in [-0.4, -0.2) is 24.9 Å². The molecule has 3 aromatic carbocycles. The highest BCUT2D eigenvalue weighted by Gasteiger charge is 2.24. The molecular weight excluding hydrogens is 322 g/mol. The molecule has 0 N–H and O–H groups in total. The summed E-state index contributed by atoms with van der Waals surface area (Å²) in [5.41, 5.74) is 8.23. The molecule has 1 heterocycles. The van der Waals surface area contributed by atoms with Crippen LogP contribution in [-0.2, 0) is 29.2 Å². The number of hydrogen-bond acceptors (Lipinski definition) is 2. The number of fused-ring (bicyclic) bond motifs is 1. The van der Waals surface area contributed by atoms with E-state index < -0.39 is 0 Å². The van der Waals surface area contributed by atoms with E-state index in [1.54, 1.807) is 4.90 Å². The van der Waals surface area contributed by atoms with Crippen LogP contribution in [0.2, 0.25) is 0 Å². The van der Waals surface area contributed by atoms with Crippen molar-refractivity contribution in [1.82, 2.24) is 4.90 Å². The minimum absolute atomic E-state index is 0.115. The van der Waals surface area contributed by atoms with Crippen LogP contribution in [0.3, 0.4) is 0 Å². The van der Waals surface area contributed by atoms with E-state index in [1.807, 2.05) is 50.5 Å². The summed E-state index contributed by atoms with van der Waals surface area (Å²) in [6.45, 7) is 1.21. The van der Waals surface area contributed by atoms with Crippen molar-refractivity contribution >= 4 is 5.91 Å². The Kier molecular flexibility index (Phi) is 4.39. The van der Waals surface area contributed by atoms with Crippen LogP contribution in [0.4, 0.5) is 0 Å². The van der Waals surface area contributed by atoms with E-state index in [0.29, 0.717) is 19.6 Å². The highest BCUT2D eigenvalue weighted by molar-refractivity contribution is 5.92. The molecule has 1 aliphatic heterocycles. The Morgan fingerprint density at radius 2 is 1.65 bits per heavy atom. The van der Waals surface area contributed by atoms with Crippen molar-refractivity contribution in [3.8, 4) is 22.3 Å². The molecule has 0 atom stereocenters. The van der Waals surface area contributed by atoms with Crippen LogP contribution in [0.25, 0.3) is 22.3 Å². The Balaban J connectivity index is 1.98. The molecule has 0 spiro atoms. The van der Waals surface area contributed by atoms with Crippen LogP contribution in [0, 0.1) is 0 Å². The standard InChI is InChI=1S/C23H22NO2/c1-24(2)21(25)13-18-22(16-9-5-3-6-10-16)19-14-26-15-20(19)23(18)17-11-7-4-8-12-17/h3-12H,13-15H2,1-2H3/q-1. The number of hydrogen-bond donors (Lipinski definition) is 0. The second kappa shape index (κ2) is 6.85. The van der Waals surface area contributed by atoms with Crippen molar-refractivity contribution in [2.75, 3.05) is 14.1 Å². The lowest BCUT2D eigenvalue weighted by Gasteiger charge is -2.19. The fourth-order valence-electron chi connectivity index (χ4n) is 3.76. The van der Waals surface area contributed by atoms with E-state index >= 15 is 0 Å². The average molecular weight is 344 g/mol. The molecule has 0 saturated heterocycles.